The lowest BCUT2D eigenvalue weighted by atomic mass is 10.0. The van der Waals surface area contributed by atoms with Crippen LogP contribution in [0.2, 0.25) is 0 Å². The van der Waals surface area contributed by atoms with Gasteiger partial charge in [0.15, 0.2) is 0 Å². The second kappa shape index (κ2) is 8.21. The lowest BCUT2D eigenvalue weighted by Gasteiger charge is -2.35. The summed E-state index contributed by atoms with van der Waals surface area (Å²) in [7, 11) is -2.12. The van der Waals surface area contributed by atoms with Crippen LogP contribution in [0.5, 0.6) is 0 Å². The van der Waals surface area contributed by atoms with E-state index in [0.717, 1.165) is 12.0 Å². The van der Waals surface area contributed by atoms with Gasteiger partial charge in [-0.15, -0.1) is 0 Å². The minimum absolute atomic E-state index is 0.201. The van der Waals surface area contributed by atoms with Crippen LogP contribution in [0.15, 0.2) is 53.4 Å². The van der Waals surface area contributed by atoms with E-state index >= 15 is 0 Å². The van der Waals surface area contributed by atoms with Crippen LogP contribution in [-0.2, 0) is 16.4 Å². The lowest BCUT2D eigenvalue weighted by molar-refractivity contribution is 0.0963. The molecule has 2 aromatic rings. The van der Waals surface area contributed by atoms with Gasteiger partial charge < -0.3 is 10.6 Å². The van der Waals surface area contributed by atoms with Gasteiger partial charge in [0.25, 0.3) is 5.91 Å². The molecule has 2 aromatic carbocycles. The maximum Gasteiger partial charge on any atom is 0.251 e. The molecule has 0 spiro atoms. The van der Waals surface area contributed by atoms with Crippen molar-refractivity contribution >= 4 is 15.9 Å². The summed E-state index contributed by atoms with van der Waals surface area (Å²) in [5, 5.41) is 5.82. The Hall–Kier alpha value is -2.22. The largest absolute Gasteiger partial charge is 0.355 e. The first-order valence-electron chi connectivity index (χ1n) is 9.11. The Balaban J connectivity index is 1.91. The molecule has 1 heterocycles. The van der Waals surface area contributed by atoms with Crippen molar-refractivity contribution < 1.29 is 13.2 Å². The number of rotatable bonds is 5. The number of nitrogens with zero attached hydrogens (tertiary/aromatic N) is 1. The summed E-state index contributed by atoms with van der Waals surface area (Å²) >= 11 is 0. The third-order valence-electron chi connectivity index (χ3n) is 4.92. The van der Waals surface area contributed by atoms with E-state index in [1.165, 1.54) is 17.7 Å². The van der Waals surface area contributed by atoms with Crippen LogP contribution >= 0.6 is 0 Å². The highest BCUT2D eigenvalue weighted by Gasteiger charge is 2.34. The standard InChI is InChI=1S/C20H25N3O3S/c1-3-15-4-6-16(7-5-15)19-14-22-12-13-23(19)27(25,26)18-10-8-17(9-11-18)20(24)21-2/h4-11,19,22H,3,12-14H2,1-2H3,(H,21,24). The Kier molecular flexibility index (Phi) is 5.94. The maximum absolute atomic E-state index is 13.2. The van der Waals surface area contributed by atoms with Crippen molar-refractivity contribution in [2.75, 3.05) is 26.7 Å². The van der Waals surface area contributed by atoms with E-state index in [4.69, 9.17) is 0 Å². The summed E-state index contributed by atoms with van der Waals surface area (Å²) in [6.07, 6.45) is 0.947. The van der Waals surface area contributed by atoms with Gasteiger partial charge in [0.1, 0.15) is 0 Å². The number of benzene rings is 2. The molecule has 6 nitrogen and oxygen atoms in total. The molecule has 1 amide bonds. The minimum atomic E-state index is -3.66. The highest BCUT2D eigenvalue weighted by molar-refractivity contribution is 7.89. The second-order valence-corrected chi connectivity index (χ2v) is 8.42. The van der Waals surface area contributed by atoms with Crippen LogP contribution in [0.3, 0.4) is 0 Å². The van der Waals surface area contributed by atoms with E-state index in [9.17, 15) is 13.2 Å². The Morgan fingerprint density at radius 2 is 1.81 bits per heavy atom. The molecule has 2 N–H and O–H groups in total. The number of hydrogen-bond acceptors (Lipinski definition) is 4. The molecule has 0 bridgehead atoms. The Bertz CT molecular complexity index is 893. The SMILES string of the molecule is CCc1ccc(C2CNCCN2S(=O)(=O)c2ccc(C(=O)NC)cc2)cc1. The predicted octanol–water partition coefficient (Wildman–Crippen LogP) is 1.94. The molecule has 1 atom stereocenters. The smallest absolute Gasteiger partial charge is 0.251 e. The number of aryl methyl sites for hydroxylation is 1. The van der Waals surface area contributed by atoms with Crippen LogP contribution in [0.25, 0.3) is 0 Å². The molecular formula is C20H25N3O3S. The first kappa shape index (κ1) is 19.5. The number of carbonyl (C=O) groups excluding carboxylic acids is 1. The Morgan fingerprint density at radius 3 is 2.41 bits per heavy atom. The average molecular weight is 388 g/mol. The third kappa shape index (κ3) is 4.05. The van der Waals surface area contributed by atoms with Crippen LogP contribution in [0, 0.1) is 0 Å². The van der Waals surface area contributed by atoms with E-state index in [2.05, 4.69) is 17.6 Å². The first-order chi connectivity index (χ1) is 13.0. The van der Waals surface area contributed by atoms with Crippen molar-refractivity contribution in [3.8, 4) is 0 Å². The number of piperazine rings is 1. The van der Waals surface area contributed by atoms with Gasteiger partial charge in [-0.1, -0.05) is 31.2 Å². The molecule has 0 saturated carbocycles. The van der Waals surface area contributed by atoms with Crippen molar-refractivity contribution in [2.45, 2.75) is 24.3 Å². The molecule has 27 heavy (non-hydrogen) atoms. The van der Waals surface area contributed by atoms with E-state index < -0.39 is 10.0 Å². The van der Waals surface area contributed by atoms with Gasteiger partial charge in [-0.3, -0.25) is 4.79 Å². The van der Waals surface area contributed by atoms with Gasteiger partial charge in [-0.2, -0.15) is 4.31 Å². The molecule has 1 fully saturated rings. The fourth-order valence-electron chi connectivity index (χ4n) is 3.29. The Labute approximate surface area is 160 Å². The van der Waals surface area contributed by atoms with E-state index in [-0.39, 0.29) is 16.8 Å². The fourth-order valence-corrected chi connectivity index (χ4v) is 4.90. The van der Waals surface area contributed by atoms with Crippen molar-refractivity contribution in [2.24, 2.45) is 0 Å². The summed E-state index contributed by atoms with van der Waals surface area (Å²) in [4.78, 5) is 11.9. The van der Waals surface area contributed by atoms with Crippen molar-refractivity contribution in [1.29, 1.82) is 0 Å². The first-order valence-corrected chi connectivity index (χ1v) is 10.5. The maximum atomic E-state index is 13.2. The third-order valence-corrected chi connectivity index (χ3v) is 6.84. The minimum Gasteiger partial charge on any atom is -0.355 e. The summed E-state index contributed by atoms with van der Waals surface area (Å²) in [5.74, 6) is -0.241. The molecule has 0 radical (unpaired) electrons. The molecule has 1 unspecified atom stereocenters. The highest BCUT2D eigenvalue weighted by Crippen LogP contribution is 2.29. The summed E-state index contributed by atoms with van der Waals surface area (Å²) in [5.41, 5.74) is 2.63. The van der Waals surface area contributed by atoms with Gasteiger partial charge in [-0.25, -0.2) is 8.42 Å². The average Bonchev–Trinajstić information content (AvgIpc) is 2.73. The summed E-state index contributed by atoms with van der Waals surface area (Å²) < 4.78 is 28.0. The lowest BCUT2D eigenvalue weighted by Crippen LogP contribution is -2.48. The van der Waals surface area contributed by atoms with Gasteiger partial charge in [-0.05, 0) is 41.8 Å². The zero-order chi connectivity index (χ0) is 19.4. The number of sulfonamides is 1. The van der Waals surface area contributed by atoms with Crippen LogP contribution in [-0.4, -0.2) is 45.3 Å². The van der Waals surface area contributed by atoms with E-state index in [0.29, 0.717) is 25.2 Å². The van der Waals surface area contributed by atoms with Crippen molar-refractivity contribution in [3.63, 3.8) is 0 Å². The normalized spacial score (nSPS) is 18.2. The monoisotopic (exact) mass is 387 g/mol. The van der Waals surface area contributed by atoms with Crippen LogP contribution < -0.4 is 10.6 Å². The summed E-state index contributed by atoms with van der Waals surface area (Å²) in [6.45, 7) is 3.68. The number of nitrogens with one attached hydrogen (secondary N) is 2. The van der Waals surface area contributed by atoms with Gasteiger partial charge in [0.05, 0.1) is 10.9 Å². The molecule has 1 aliphatic heterocycles. The number of hydrogen-bond donors (Lipinski definition) is 2. The predicted molar refractivity (Wildman–Crippen MR) is 105 cm³/mol. The molecule has 0 aliphatic carbocycles. The topological polar surface area (TPSA) is 78.5 Å². The summed E-state index contributed by atoms with van der Waals surface area (Å²) in [6, 6.07) is 13.9. The van der Waals surface area contributed by atoms with Crippen LogP contribution in [0.4, 0.5) is 0 Å². The van der Waals surface area contributed by atoms with E-state index in [1.54, 1.807) is 23.5 Å². The van der Waals surface area contributed by atoms with Gasteiger partial charge in [0.2, 0.25) is 10.0 Å². The zero-order valence-corrected chi connectivity index (χ0v) is 16.4. The molecular weight excluding hydrogens is 362 g/mol. The Morgan fingerprint density at radius 1 is 1.15 bits per heavy atom. The molecule has 7 heteroatoms. The molecule has 0 aromatic heterocycles. The fraction of sp³-hybridized carbons (Fsp3) is 0.350. The zero-order valence-electron chi connectivity index (χ0n) is 15.6. The number of amides is 1. The van der Waals surface area contributed by atoms with Gasteiger partial charge in [0, 0.05) is 32.2 Å². The van der Waals surface area contributed by atoms with Gasteiger partial charge >= 0.3 is 0 Å². The molecule has 144 valence electrons. The molecule has 1 saturated heterocycles. The molecule has 1 aliphatic rings. The van der Waals surface area contributed by atoms with Crippen molar-refractivity contribution in [3.05, 3.63) is 65.2 Å². The van der Waals surface area contributed by atoms with Crippen LogP contribution in [0.1, 0.15) is 34.5 Å². The highest BCUT2D eigenvalue weighted by atomic mass is 32.2. The quantitative estimate of drug-likeness (QED) is 0.822. The second-order valence-electron chi connectivity index (χ2n) is 6.53. The number of carbonyl (C=O) groups is 1. The van der Waals surface area contributed by atoms with Crippen molar-refractivity contribution in [1.82, 2.24) is 14.9 Å². The van der Waals surface area contributed by atoms with E-state index in [1.807, 2.05) is 24.3 Å². The molecule has 3 rings (SSSR count).